The van der Waals surface area contributed by atoms with Crippen LogP contribution in [0.3, 0.4) is 0 Å². The van der Waals surface area contributed by atoms with Crippen molar-refractivity contribution in [1.29, 1.82) is 0 Å². The van der Waals surface area contributed by atoms with Gasteiger partial charge in [0.1, 0.15) is 6.61 Å². The molecule has 1 aromatic carbocycles. The lowest BCUT2D eigenvalue weighted by Crippen LogP contribution is -2.36. The smallest absolute Gasteiger partial charge is 0.289 e. The van der Waals surface area contributed by atoms with Crippen molar-refractivity contribution in [1.82, 2.24) is 0 Å². The van der Waals surface area contributed by atoms with Crippen LogP contribution in [-0.2, 0) is 0 Å². The zero-order chi connectivity index (χ0) is 11.6. The molecule has 4 heteroatoms. The third-order valence-corrected chi connectivity index (χ3v) is 2.44. The number of benzene rings is 1. The fourth-order valence-corrected chi connectivity index (χ4v) is 1.42. The number of alkyl halides is 2. The molecule has 0 aliphatic rings. The molecule has 2 nitrogen and oxygen atoms in total. The normalized spacial score (nSPS) is 14.0. The van der Waals surface area contributed by atoms with Crippen LogP contribution in [0.5, 0.6) is 0 Å². The Bertz CT molecular complexity index is 352. The Morgan fingerprint density at radius 1 is 1.40 bits per heavy atom. The van der Waals surface area contributed by atoms with Gasteiger partial charge in [0.05, 0.1) is 6.04 Å². The highest BCUT2D eigenvalue weighted by Gasteiger charge is 2.37. The Labute approximate surface area is 87.7 Å². The number of nitrogens with two attached hydrogens (primary N) is 1. The number of aryl methyl sites for hydroxylation is 2. The highest BCUT2D eigenvalue weighted by Crippen LogP contribution is 2.30. The van der Waals surface area contributed by atoms with E-state index in [1.807, 2.05) is 13.0 Å². The summed E-state index contributed by atoms with van der Waals surface area (Å²) in [4.78, 5) is 0. The van der Waals surface area contributed by atoms with Gasteiger partial charge in [-0.25, -0.2) is 8.78 Å². The van der Waals surface area contributed by atoms with Crippen LogP contribution in [0.4, 0.5) is 8.78 Å². The van der Waals surface area contributed by atoms with Crippen molar-refractivity contribution in [2.75, 3.05) is 6.61 Å². The molecular formula is C11H15F2NO. The number of halogens is 2. The molecule has 0 aliphatic heterocycles. The molecule has 3 N–H and O–H groups in total. The van der Waals surface area contributed by atoms with Crippen molar-refractivity contribution >= 4 is 0 Å². The Morgan fingerprint density at radius 3 is 2.53 bits per heavy atom. The van der Waals surface area contributed by atoms with Gasteiger partial charge in [0.15, 0.2) is 0 Å². The van der Waals surface area contributed by atoms with Gasteiger partial charge in [0.25, 0.3) is 5.92 Å². The third kappa shape index (κ3) is 2.52. The number of hydrogen-bond acceptors (Lipinski definition) is 2. The molecule has 0 unspecified atom stereocenters. The van der Waals surface area contributed by atoms with E-state index in [0.717, 1.165) is 5.56 Å². The first-order valence-electron chi connectivity index (χ1n) is 4.70. The van der Waals surface area contributed by atoms with Gasteiger partial charge < -0.3 is 10.8 Å². The molecule has 1 rings (SSSR count). The number of rotatable bonds is 3. The first-order chi connectivity index (χ1) is 6.88. The summed E-state index contributed by atoms with van der Waals surface area (Å²) in [5.41, 5.74) is 7.41. The molecular weight excluding hydrogens is 200 g/mol. The lowest BCUT2D eigenvalue weighted by molar-refractivity contribution is -0.0713. The molecule has 0 heterocycles. The molecule has 0 saturated carbocycles. The van der Waals surface area contributed by atoms with E-state index in [9.17, 15) is 8.78 Å². The van der Waals surface area contributed by atoms with E-state index in [1.54, 1.807) is 19.1 Å². The summed E-state index contributed by atoms with van der Waals surface area (Å²) in [6, 6.07) is 3.76. The molecule has 0 amide bonds. The standard InChI is InChI=1S/C11H15F2NO/c1-7-3-4-8(2)9(5-7)10(14)11(12,13)6-15/h3-5,10,15H,6,14H2,1-2H3/t10-/m0/s1. The number of hydrogen-bond donors (Lipinski definition) is 2. The maximum atomic E-state index is 13.2. The van der Waals surface area contributed by atoms with E-state index in [4.69, 9.17) is 10.8 Å². The molecule has 0 bridgehead atoms. The maximum Gasteiger partial charge on any atom is 0.289 e. The predicted octanol–water partition coefficient (Wildman–Crippen LogP) is 1.93. The van der Waals surface area contributed by atoms with E-state index in [-0.39, 0.29) is 0 Å². The molecule has 84 valence electrons. The van der Waals surface area contributed by atoms with Crippen LogP contribution in [0, 0.1) is 13.8 Å². The molecule has 15 heavy (non-hydrogen) atoms. The van der Waals surface area contributed by atoms with Crippen LogP contribution in [0.2, 0.25) is 0 Å². The van der Waals surface area contributed by atoms with Gasteiger partial charge in [-0.15, -0.1) is 0 Å². The monoisotopic (exact) mass is 215 g/mol. The quantitative estimate of drug-likeness (QED) is 0.809. The fraction of sp³-hybridized carbons (Fsp3) is 0.455. The van der Waals surface area contributed by atoms with Crippen molar-refractivity contribution in [2.24, 2.45) is 5.73 Å². The summed E-state index contributed by atoms with van der Waals surface area (Å²) in [5, 5.41) is 8.56. The summed E-state index contributed by atoms with van der Waals surface area (Å²) in [6.45, 7) is 2.30. The van der Waals surface area contributed by atoms with Crippen LogP contribution < -0.4 is 5.73 Å². The molecule has 0 saturated heterocycles. The molecule has 0 radical (unpaired) electrons. The number of aliphatic hydroxyl groups excluding tert-OH is 1. The summed E-state index contributed by atoms with van der Waals surface area (Å²) in [7, 11) is 0. The molecule has 1 atom stereocenters. The second-order valence-electron chi connectivity index (χ2n) is 3.76. The molecule has 0 fully saturated rings. The van der Waals surface area contributed by atoms with E-state index < -0.39 is 18.6 Å². The first-order valence-corrected chi connectivity index (χ1v) is 4.70. The minimum atomic E-state index is -3.28. The second kappa shape index (κ2) is 4.24. The predicted molar refractivity (Wildman–Crippen MR) is 54.9 cm³/mol. The van der Waals surface area contributed by atoms with Gasteiger partial charge in [-0.2, -0.15) is 0 Å². The molecule has 0 aromatic heterocycles. The lowest BCUT2D eigenvalue weighted by Gasteiger charge is -2.23. The summed E-state index contributed by atoms with van der Waals surface area (Å²) in [6.07, 6.45) is 0. The Balaban J connectivity index is 3.10. The van der Waals surface area contributed by atoms with Crippen molar-refractivity contribution < 1.29 is 13.9 Å². The zero-order valence-electron chi connectivity index (χ0n) is 8.80. The zero-order valence-corrected chi connectivity index (χ0v) is 8.80. The van der Waals surface area contributed by atoms with Crippen LogP contribution in [0.15, 0.2) is 18.2 Å². The van der Waals surface area contributed by atoms with E-state index in [2.05, 4.69) is 0 Å². The fourth-order valence-electron chi connectivity index (χ4n) is 1.42. The van der Waals surface area contributed by atoms with E-state index in [1.165, 1.54) is 0 Å². The summed E-state index contributed by atoms with van der Waals surface area (Å²) < 4.78 is 26.3. The van der Waals surface area contributed by atoms with E-state index in [0.29, 0.717) is 11.1 Å². The minimum absolute atomic E-state index is 0.383. The highest BCUT2D eigenvalue weighted by molar-refractivity contribution is 5.33. The SMILES string of the molecule is Cc1ccc(C)c([C@H](N)C(F)(F)CO)c1. The Kier molecular flexibility index (Phi) is 3.42. The highest BCUT2D eigenvalue weighted by atomic mass is 19.3. The van der Waals surface area contributed by atoms with Gasteiger partial charge in [-0.1, -0.05) is 23.8 Å². The second-order valence-corrected chi connectivity index (χ2v) is 3.76. The maximum absolute atomic E-state index is 13.2. The molecule has 0 spiro atoms. The van der Waals surface area contributed by atoms with E-state index >= 15 is 0 Å². The van der Waals surface area contributed by atoms with Gasteiger partial charge >= 0.3 is 0 Å². The largest absolute Gasteiger partial charge is 0.390 e. The van der Waals surface area contributed by atoms with Gasteiger partial charge in [0.2, 0.25) is 0 Å². The number of aliphatic hydroxyl groups is 1. The van der Waals surface area contributed by atoms with Gasteiger partial charge in [0, 0.05) is 0 Å². The Morgan fingerprint density at radius 2 is 2.00 bits per heavy atom. The molecule has 0 aliphatic carbocycles. The van der Waals surface area contributed by atoms with Crippen LogP contribution in [-0.4, -0.2) is 17.6 Å². The van der Waals surface area contributed by atoms with Crippen molar-refractivity contribution in [3.8, 4) is 0 Å². The lowest BCUT2D eigenvalue weighted by atomic mass is 9.95. The van der Waals surface area contributed by atoms with Crippen molar-refractivity contribution in [2.45, 2.75) is 25.8 Å². The first kappa shape index (κ1) is 12.1. The van der Waals surface area contributed by atoms with Gasteiger partial charge in [-0.3, -0.25) is 0 Å². The van der Waals surface area contributed by atoms with Crippen molar-refractivity contribution in [3.63, 3.8) is 0 Å². The van der Waals surface area contributed by atoms with Crippen molar-refractivity contribution in [3.05, 3.63) is 34.9 Å². The summed E-state index contributed by atoms with van der Waals surface area (Å²) >= 11 is 0. The minimum Gasteiger partial charge on any atom is -0.390 e. The van der Waals surface area contributed by atoms with Crippen LogP contribution in [0.1, 0.15) is 22.7 Å². The Hall–Kier alpha value is -1.00. The third-order valence-electron chi connectivity index (χ3n) is 2.44. The summed E-state index contributed by atoms with van der Waals surface area (Å²) in [5.74, 6) is -3.28. The molecule has 1 aromatic rings. The topological polar surface area (TPSA) is 46.2 Å². The average molecular weight is 215 g/mol. The van der Waals surface area contributed by atoms with Gasteiger partial charge in [-0.05, 0) is 25.0 Å². The average Bonchev–Trinajstić information content (AvgIpc) is 2.20. The van der Waals surface area contributed by atoms with Crippen LogP contribution >= 0.6 is 0 Å². The van der Waals surface area contributed by atoms with Crippen LogP contribution in [0.25, 0.3) is 0 Å².